The molecule has 1 fully saturated rings. The van der Waals surface area contributed by atoms with Gasteiger partial charge in [-0.25, -0.2) is 0 Å². The Morgan fingerprint density at radius 2 is 2.15 bits per heavy atom. The number of methoxy groups -OCH3 is 1. The molecule has 1 aliphatic heterocycles. The van der Waals surface area contributed by atoms with E-state index in [2.05, 4.69) is 0 Å². The van der Waals surface area contributed by atoms with Crippen LogP contribution in [-0.4, -0.2) is 41.4 Å². The van der Waals surface area contributed by atoms with Crippen molar-refractivity contribution in [2.45, 2.75) is 26.3 Å². The maximum Gasteiger partial charge on any atom is 0.293 e. The molecule has 7 heteroatoms. The molecule has 3 rings (SSSR count). The minimum Gasteiger partial charge on any atom is -0.491 e. The van der Waals surface area contributed by atoms with Crippen molar-refractivity contribution in [3.05, 3.63) is 50.6 Å². The van der Waals surface area contributed by atoms with Crippen LogP contribution >= 0.6 is 11.3 Å². The molecule has 0 saturated carbocycles. The van der Waals surface area contributed by atoms with Gasteiger partial charge in [0.2, 0.25) is 5.91 Å². The second-order valence-corrected chi connectivity index (χ2v) is 7.40. The molecule has 2 aromatic rings. The zero-order chi connectivity index (χ0) is 18.7. The fraction of sp³-hybridized carbons (Fsp3) is 0.421. The van der Waals surface area contributed by atoms with Gasteiger partial charge < -0.3 is 14.2 Å². The van der Waals surface area contributed by atoms with Crippen molar-refractivity contribution >= 4 is 23.0 Å². The molecule has 0 N–H and O–H groups in total. The zero-order valence-corrected chi connectivity index (χ0v) is 15.8. The average molecular weight is 374 g/mol. The summed E-state index contributed by atoms with van der Waals surface area (Å²) in [7, 11) is 1.43. The van der Waals surface area contributed by atoms with E-state index in [1.807, 2.05) is 18.4 Å². The summed E-state index contributed by atoms with van der Waals surface area (Å²) in [5.74, 6) is 0.00144. The highest BCUT2D eigenvalue weighted by molar-refractivity contribution is 7.12. The highest BCUT2D eigenvalue weighted by Gasteiger charge is 2.30. The summed E-state index contributed by atoms with van der Waals surface area (Å²) >= 11 is 1.46. The van der Waals surface area contributed by atoms with Gasteiger partial charge in [0.25, 0.3) is 5.56 Å². The maximum atomic E-state index is 12.7. The Hall–Kier alpha value is -2.41. The molecule has 0 radical (unpaired) electrons. The number of nitrogens with zero attached hydrogens (tertiary/aromatic N) is 2. The lowest BCUT2D eigenvalue weighted by atomic mass is 9.92. The van der Waals surface area contributed by atoms with Crippen LogP contribution < -0.4 is 10.3 Å². The van der Waals surface area contributed by atoms with Gasteiger partial charge in [0, 0.05) is 25.2 Å². The third kappa shape index (κ3) is 3.72. The largest absolute Gasteiger partial charge is 0.491 e. The van der Waals surface area contributed by atoms with E-state index in [0.717, 1.165) is 23.3 Å². The summed E-state index contributed by atoms with van der Waals surface area (Å²) in [5.41, 5.74) is 0.661. The summed E-state index contributed by atoms with van der Waals surface area (Å²) in [5, 5.41) is 1.92. The van der Waals surface area contributed by atoms with Gasteiger partial charge in [-0.3, -0.25) is 14.4 Å². The van der Waals surface area contributed by atoms with E-state index in [0.29, 0.717) is 13.1 Å². The highest BCUT2D eigenvalue weighted by Crippen LogP contribution is 2.25. The molecule has 1 aliphatic rings. The SMILES string of the molecule is COc1cccn(CC(=O)N2CCC[C@@H](C(=O)c3sccc3C)C2)c1=O. The van der Waals surface area contributed by atoms with Crippen molar-refractivity contribution in [1.29, 1.82) is 0 Å². The third-order valence-electron chi connectivity index (χ3n) is 4.74. The Bertz CT molecular complexity index is 870. The average Bonchev–Trinajstić information content (AvgIpc) is 3.08. The molecule has 1 atom stereocenters. The van der Waals surface area contributed by atoms with E-state index >= 15 is 0 Å². The lowest BCUT2D eigenvalue weighted by molar-refractivity contribution is -0.133. The van der Waals surface area contributed by atoms with Crippen molar-refractivity contribution in [3.8, 4) is 5.75 Å². The van der Waals surface area contributed by atoms with Gasteiger partial charge >= 0.3 is 0 Å². The fourth-order valence-electron chi connectivity index (χ4n) is 3.27. The molecule has 0 spiro atoms. The van der Waals surface area contributed by atoms with E-state index < -0.39 is 0 Å². The fourth-order valence-corrected chi connectivity index (χ4v) is 4.21. The zero-order valence-electron chi connectivity index (χ0n) is 14.9. The Labute approximate surface area is 156 Å². The van der Waals surface area contributed by atoms with E-state index in [-0.39, 0.29) is 35.5 Å². The van der Waals surface area contributed by atoms with Crippen LogP contribution in [0.5, 0.6) is 5.75 Å². The van der Waals surface area contributed by atoms with Gasteiger partial charge in [0.05, 0.1) is 12.0 Å². The second kappa shape index (κ2) is 7.86. The van der Waals surface area contributed by atoms with Crippen molar-refractivity contribution in [3.63, 3.8) is 0 Å². The minimum atomic E-state index is -0.331. The normalized spacial score (nSPS) is 17.2. The van der Waals surface area contributed by atoms with Crippen LogP contribution in [0.2, 0.25) is 0 Å². The first kappa shape index (κ1) is 18.4. The first-order valence-electron chi connectivity index (χ1n) is 8.60. The minimum absolute atomic E-state index is 0.0467. The van der Waals surface area contributed by atoms with Crippen molar-refractivity contribution in [1.82, 2.24) is 9.47 Å². The van der Waals surface area contributed by atoms with Crippen LogP contribution in [-0.2, 0) is 11.3 Å². The summed E-state index contributed by atoms with van der Waals surface area (Å²) in [6.45, 7) is 2.91. The predicted octanol–water partition coefficient (Wildman–Crippen LogP) is 2.35. The summed E-state index contributed by atoms with van der Waals surface area (Å²) in [6, 6.07) is 5.19. The smallest absolute Gasteiger partial charge is 0.293 e. The molecule has 6 nitrogen and oxygen atoms in total. The van der Waals surface area contributed by atoms with E-state index in [1.165, 1.54) is 23.0 Å². The molecule has 0 bridgehead atoms. The molecule has 26 heavy (non-hydrogen) atoms. The monoisotopic (exact) mass is 374 g/mol. The number of pyridine rings is 1. The summed E-state index contributed by atoms with van der Waals surface area (Å²) in [6.07, 6.45) is 3.16. The van der Waals surface area contributed by atoms with Crippen molar-refractivity contribution < 1.29 is 14.3 Å². The third-order valence-corrected chi connectivity index (χ3v) is 5.77. The highest BCUT2D eigenvalue weighted by atomic mass is 32.1. The molecular weight excluding hydrogens is 352 g/mol. The standard InChI is InChI=1S/C19H22N2O4S/c1-13-7-10-26-18(13)17(23)14-5-3-8-20(11-14)16(22)12-21-9-4-6-15(25-2)19(21)24/h4,6-7,9-10,14H,3,5,8,11-12H2,1-2H3/t14-/m1/s1. The van der Waals surface area contributed by atoms with E-state index in [1.54, 1.807) is 23.2 Å². The van der Waals surface area contributed by atoms with Crippen molar-refractivity contribution in [2.24, 2.45) is 5.92 Å². The van der Waals surface area contributed by atoms with Crippen LogP contribution in [0.4, 0.5) is 0 Å². The van der Waals surface area contributed by atoms with Crippen LogP contribution in [0.3, 0.4) is 0 Å². The number of likely N-dealkylation sites (tertiary alicyclic amines) is 1. The topological polar surface area (TPSA) is 68.6 Å². The number of ether oxygens (including phenoxy) is 1. The summed E-state index contributed by atoms with van der Waals surface area (Å²) < 4.78 is 6.36. The number of piperidine rings is 1. The van der Waals surface area contributed by atoms with Crippen molar-refractivity contribution in [2.75, 3.05) is 20.2 Å². The first-order chi connectivity index (χ1) is 12.5. The lowest BCUT2D eigenvalue weighted by Gasteiger charge is -2.32. The molecule has 2 aromatic heterocycles. The molecule has 0 aliphatic carbocycles. The van der Waals surface area contributed by atoms with Crippen LogP contribution in [0, 0.1) is 12.8 Å². The number of amides is 1. The van der Waals surface area contributed by atoms with Gasteiger partial charge in [0.15, 0.2) is 11.5 Å². The van der Waals surface area contributed by atoms with Crippen LogP contribution in [0.1, 0.15) is 28.1 Å². The number of aromatic nitrogens is 1. The summed E-state index contributed by atoms with van der Waals surface area (Å²) in [4.78, 5) is 40.1. The van der Waals surface area contributed by atoms with Gasteiger partial charge in [-0.1, -0.05) is 0 Å². The lowest BCUT2D eigenvalue weighted by Crippen LogP contribution is -2.44. The maximum absolute atomic E-state index is 12.7. The number of thiophene rings is 1. The molecular formula is C19H22N2O4S. The predicted molar refractivity (Wildman–Crippen MR) is 99.9 cm³/mol. The number of Topliss-reactive ketones (excluding diaryl/α,β-unsaturated/α-hetero) is 1. The van der Waals surface area contributed by atoms with Gasteiger partial charge in [0.1, 0.15) is 6.54 Å². The molecule has 1 saturated heterocycles. The van der Waals surface area contributed by atoms with Gasteiger partial charge in [-0.15, -0.1) is 11.3 Å². The quantitative estimate of drug-likeness (QED) is 0.754. The van der Waals surface area contributed by atoms with E-state index in [4.69, 9.17) is 4.74 Å². The Morgan fingerprint density at radius 3 is 2.85 bits per heavy atom. The Kier molecular flexibility index (Phi) is 5.56. The molecule has 3 heterocycles. The number of carbonyl (C=O) groups excluding carboxylic acids is 2. The number of carbonyl (C=O) groups is 2. The number of hydrogen-bond acceptors (Lipinski definition) is 5. The Morgan fingerprint density at radius 1 is 1.35 bits per heavy atom. The van der Waals surface area contributed by atoms with Gasteiger partial charge in [-0.05, 0) is 48.9 Å². The first-order valence-corrected chi connectivity index (χ1v) is 9.48. The Balaban J connectivity index is 1.70. The second-order valence-electron chi connectivity index (χ2n) is 6.49. The number of hydrogen-bond donors (Lipinski definition) is 0. The van der Waals surface area contributed by atoms with E-state index in [9.17, 15) is 14.4 Å². The molecule has 0 unspecified atom stereocenters. The van der Waals surface area contributed by atoms with Crippen LogP contribution in [0.25, 0.3) is 0 Å². The van der Waals surface area contributed by atoms with Gasteiger partial charge in [-0.2, -0.15) is 0 Å². The molecule has 1 amide bonds. The molecule has 138 valence electrons. The van der Waals surface area contributed by atoms with Crippen LogP contribution in [0.15, 0.2) is 34.6 Å². The number of aryl methyl sites for hydroxylation is 1. The number of ketones is 1. The number of rotatable bonds is 5. The molecule has 0 aromatic carbocycles.